The molecule has 7 nitrogen and oxygen atoms in total. The molecule has 0 unspecified atom stereocenters. The summed E-state index contributed by atoms with van der Waals surface area (Å²) in [6.45, 7) is 9.78. The number of nitro groups is 1. The van der Waals surface area contributed by atoms with Crippen molar-refractivity contribution in [1.29, 1.82) is 0 Å². The van der Waals surface area contributed by atoms with E-state index >= 15 is 0 Å². The Labute approximate surface area is 200 Å². The van der Waals surface area contributed by atoms with E-state index in [0.29, 0.717) is 23.3 Å². The molecule has 2 rings (SSSR count). The number of amides is 1. The highest BCUT2D eigenvalue weighted by Gasteiger charge is 2.14. The first-order valence-corrected chi connectivity index (χ1v) is 11.4. The number of benzene rings is 2. The molecule has 33 heavy (non-hydrogen) atoms. The Morgan fingerprint density at radius 3 is 2.48 bits per heavy atom. The minimum absolute atomic E-state index is 0.0530. The van der Waals surface area contributed by atoms with Crippen LogP contribution in [-0.4, -0.2) is 41.5 Å². The molecule has 0 radical (unpaired) electrons. The van der Waals surface area contributed by atoms with Crippen molar-refractivity contribution in [1.82, 2.24) is 4.90 Å². The number of nitrogens with one attached hydrogen (secondary N) is 1. The van der Waals surface area contributed by atoms with Gasteiger partial charge in [0.2, 0.25) is 5.91 Å². The molecule has 0 aliphatic carbocycles. The van der Waals surface area contributed by atoms with Gasteiger partial charge in [0.25, 0.3) is 5.69 Å². The summed E-state index contributed by atoms with van der Waals surface area (Å²) in [7, 11) is 1.64. The summed E-state index contributed by atoms with van der Waals surface area (Å²) in [4.78, 5) is 25.3. The highest BCUT2D eigenvalue weighted by Crippen LogP contribution is 2.26. The van der Waals surface area contributed by atoms with Crippen molar-refractivity contribution >= 4 is 35.0 Å². The molecule has 0 aliphatic rings. The number of nitrogens with zero attached hydrogens (tertiary/aromatic N) is 2. The number of rotatable bonds is 11. The fraction of sp³-hybridized carbons (Fsp3) is 0.400. The van der Waals surface area contributed by atoms with Gasteiger partial charge in [-0.25, -0.2) is 0 Å². The van der Waals surface area contributed by atoms with Crippen LogP contribution in [0.3, 0.4) is 0 Å². The molecule has 2 aromatic carbocycles. The summed E-state index contributed by atoms with van der Waals surface area (Å²) in [5.74, 6) is 0.451. The van der Waals surface area contributed by atoms with Crippen molar-refractivity contribution in [2.45, 2.75) is 52.6 Å². The number of aryl methyl sites for hydroxylation is 1. The molecule has 1 N–H and O–H groups in total. The van der Waals surface area contributed by atoms with Crippen molar-refractivity contribution in [3.63, 3.8) is 0 Å². The minimum Gasteiger partial charge on any atom is -0.496 e. The molecule has 0 atom stereocenters. The Balaban J connectivity index is 2.06. The van der Waals surface area contributed by atoms with E-state index in [2.05, 4.69) is 37.9 Å². The predicted octanol–water partition coefficient (Wildman–Crippen LogP) is 5.96. The fourth-order valence-electron chi connectivity index (χ4n) is 3.75. The summed E-state index contributed by atoms with van der Waals surface area (Å²) < 4.78 is 5.50. The van der Waals surface area contributed by atoms with Crippen molar-refractivity contribution < 1.29 is 14.5 Å². The number of carbonyl (C=O) groups is 1. The molecular weight excluding hydrogens is 442 g/mol. The smallest absolute Gasteiger partial charge is 0.288 e. The lowest BCUT2D eigenvalue weighted by atomic mass is 10.1. The van der Waals surface area contributed by atoms with Crippen LogP contribution in [0.1, 0.15) is 45.2 Å². The molecule has 1 amide bonds. The van der Waals surface area contributed by atoms with Crippen molar-refractivity contribution in [2.24, 2.45) is 0 Å². The monoisotopic (exact) mass is 473 g/mol. The van der Waals surface area contributed by atoms with Gasteiger partial charge in [-0.1, -0.05) is 17.7 Å². The van der Waals surface area contributed by atoms with Crippen LogP contribution in [-0.2, 0) is 11.2 Å². The van der Waals surface area contributed by atoms with Gasteiger partial charge in [-0.3, -0.25) is 19.8 Å². The second-order valence-corrected chi connectivity index (χ2v) is 8.75. The van der Waals surface area contributed by atoms with E-state index in [0.717, 1.165) is 30.7 Å². The number of nitro benzene ring substituents is 1. The predicted molar refractivity (Wildman–Crippen MR) is 134 cm³/mol. The molecule has 178 valence electrons. The van der Waals surface area contributed by atoms with Crippen molar-refractivity contribution in [2.75, 3.05) is 19.0 Å². The Hall–Kier alpha value is -2.90. The second-order valence-electron chi connectivity index (χ2n) is 8.35. The Morgan fingerprint density at radius 2 is 1.88 bits per heavy atom. The van der Waals surface area contributed by atoms with Crippen LogP contribution in [0.5, 0.6) is 5.75 Å². The maximum absolute atomic E-state index is 12.4. The summed E-state index contributed by atoms with van der Waals surface area (Å²) in [6.07, 6.45) is 4.64. The zero-order valence-corrected chi connectivity index (χ0v) is 20.6. The Morgan fingerprint density at radius 1 is 1.18 bits per heavy atom. The quantitative estimate of drug-likeness (QED) is 0.247. The van der Waals surface area contributed by atoms with Crippen LogP contribution in [0, 0.1) is 10.1 Å². The van der Waals surface area contributed by atoms with Crippen LogP contribution in [0.2, 0.25) is 5.02 Å². The van der Waals surface area contributed by atoms with E-state index < -0.39 is 4.92 Å². The molecule has 2 aromatic rings. The van der Waals surface area contributed by atoms with Gasteiger partial charge in [-0.2, -0.15) is 0 Å². The van der Waals surface area contributed by atoms with E-state index in [-0.39, 0.29) is 16.6 Å². The maximum Gasteiger partial charge on any atom is 0.288 e. The van der Waals surface area contributed by atoms with Crippen molar-refractivity contribution in [3.8, 4) is 5.75 Å². The molecule has 8 heteroatoms. The van der Waals surface area contributed by atoms with E-state index in [1.807, 2.05) is 12.1 Å². The molecular formula is C25H32ClN3O4. The van der Waals surface area contributed by atoms with Crippen LogP contribution in [0.15, 0.2) is 42.5 Å². The van der Waals surface area contributed by atoms with E-state index in [1.54, 1.807) is 19.2 Å². The number of hydrogen-bond acceptors (Lipinski definition) is 5. The molecule has 0 bridgehead atoms. The van der Waals surface area contributed by atoms with Crippen LogP contribution >= 0.6 is 11.6 Å². The van der Waals surface area contributed by atoms with Gasteiger partial charge in [0.15, 0.2) is 0 Å². The van der Waals surface area contributed by atoms with Gasteiger partial charge in [0.1, 0.15) is 10.8 Å². The Bertz CT molecular complexity index is 997. The van der Waals surface area contributed by atoms with E-state index in [1.165, 1.54) is 24.3 Å². The first kappa shape index (κ1) is 26.4. The fourth-order valence-corrected chi connectivity index (χ4v) is 3.93. The number of hydrogen-bond donors (Lipinski definition) is 1. The van der Waals surface area contributed by atoms with E-state index in [4.69, 9.17) is 16.3 Å². The SMILES string of the molecule is COc1ccc(NC(=O)C=Cc2ccc(Cl)c([N+](=O)[O-])c2)cc1CCCN(C(C)C)C(C)C. The zero-order chi connectivity index (χ0) is 24.5. The average Bonchev–Trinajstić information content (AvgIpc) is 2.75. The highest BCUT2D eigenvalue weighted by atomic mass is 35.5. The summed E-state index contributed by atoms with van der Waals surface area (Å²) in [5.41, 5.74) is 2.00. The van der Waals surface area contributed by atoms with Gasteiger partial charge < -0.3 is 10.1 Å². The molecule has 0 heterocycles. The van der Waals surface area contributed by atoms with Gasteiger partial charge in [0.05, 0.1) is 12.0 Å². The van der Waals surface area contributed by atoms with Gasteiger partial charge in [0, 0.05) is 29.9 Å². The first-order valence-electron chi connectivity index (χ1n) is 11.0. The maximum atomic E-state index is 12.4. The first-order chi connectivity index (χ1) is 15.6. The second kappa shape index (κ2) is 12.4. The van der Waals surface area contributed by atoms with Crippen molar-refractivity contribution in [3.05, 3.63) is 68.7 Å². The largest absolute Gasteiger partial charge is 0.496 e. The number of carbonyl (C=O) groups excluding carboxylic acids is 1. The third-order valence-corrected chi connectivity index (χ3v) is 5.65. The number of methoxy groups -OCH3 is 1. The molecule has 0 spiro atoms. The van der Waals surface area contributed by atoms with Gasteiger partial charge in [-0.05, 0) is 88.5 Å². The molecule has 0 saturated carbocycles. The highest BCUT2D eigenvalue weighted by molar-refractivity contribution is 6.32. The summed E-state index contributed by atoms with van der Waals surface area (Å²) in [6, 6.07) is 10.9. The molecule has 0 saturated heterocycles. The standard InChI is InChI=1S/C25H32ClN3O4/c1-17(2)28(18(3)4)14-6-7-20-16-21(10-12-24(20)33-5)27-25(30)13-9-19-8-11-22(26)23(15-19)29(31)32/h8-13,15-18H,6-7,14H2,1-5H3,(H,27,30). The normalized spacial score (nSPS) is 11.5. The number of ether oxygens (including phenoxy) is 1. The lowest BCUT2D eigenvalue weighted by Gasteiger charge is -2.30. The number of anilines is 1. The summed E-state index contributed by atoms with van der Waals surface area (Å²) in [5, 5.41) is 13.9. The van der Waals surface area contributed by atoms with Crippen LogP contribution in [0.4, 0.5) is 11.4 Å². The van der Waals surface area contributed by atoms with Crippen LogP contribution < -0.4 is 10.1 Å². The summed E-state index contributed by atoms with van der Waals surface area (Å²) >= 11 is 5.83. The van der Waals surface area contributed by atoms with Gasteiger partial charge in [-0.15, -0.1) is 0 Å². The molecule has 0 aliphatic heterocycles. The average molecular weight is 474 g/mol. The number of halogens is 1. The third-order valence-electron chi connectivity index (χ3n) is 5.33. The topological polar surface area (TPSA) is 84.7 Å². The van der Waals surface area contributed by atoms with Crippen LogP contribution in [0.25, 0.3) is 6.08 Å². The third kappa shape index (κ3) is 7.87. The van der Waals surface area contributed by atoms with E-state index in [9.17, 15) is 14.9 Å². The Kier molecular flexibility index (Phi) is 9.88. The minimum atomic E-state index is -0.555. The lowest BCUT2D eigenvalue weighted by molar-refractivity contribution is -0.384. The molecule has 0 fully saturated rings. The molecule has 0 aromatic heterocycles. The van der Waals surface area contributed by atoms with Gasteiger partial charge >= 0.3 is 0 Å². The lowest BCUT2D eigenvalue weighted by Crippen LogP contribution is -2.37. The zero-order valence-electron chi connectivity index (χ0n) is 19.8.